The largest absolute Gasteiger partial charge is 0.366 e. The highest BCUT2D eigenvalue weighted by atomic mass is 19.1. The van der Waals surface area contributed by atoms with Crippen molar-refractivity contribution in [2.45, 2.75) is 45.7 Å². The van der Waals surface area contributed by atoms with Crippen molar-refractivity contribution in [3.63, 3.8) is 0 Å². The van der Waals surface area contributed by atoms with Gasteiger partial charge in [-0.3, -0.25) is 14.8 Å². The van der Waals surface area contributed by atoms with E-state index in [0.29, 0.717) is 11.4 Å². The number of carbonyl (C=O) groups is 1. The van der Waals surface area contributed by atoms with Crippen LogP contribution in [0.2, 0.25) is 0 Å². The predicted molar refractivity (Wildman–Crippen MR) is 99.3 cm³/mol. The molecule has 0 spiro atoms. The lowest BCUT2D eigenvalue weighted by molar-refractivity contribution is 0.1000. The monoisotopic (exact) mass is 360 g/mol. The summed E-state index contributed by atoms with van der Waals surface area (Å²) in [6, 6.07) is 2.88. The first-order chi connectivity index (χ1) is 12.3. The first-order valence-corrected chi connectivity index (χ1v) is 8.53. The summed E-state index contributed by atoms with van der Waals surface area (Å²) in [6.07, 6.45) is 5.94. The third-order valence-corrected chi connectivity index (χ3v) is 4.07. The number of pyridine rings is 2. The van der Waals surface area contributed by atoms with Crippen LogP contribution in [-0.4, -0.2) is 28.0 Å². The Morgan fingerprint density at radius 3 is 2.62 bits per heavy atom. The van der Waals surface area contributed by atoms with Crippen molar-refractivity contribution in [2.24, 2.45) is 11.5 Å². The lowest BCUT2D eigenvalue weighted by Gasteiger charge is -2.32. The Hall–Kier alpha value is -2.58. The van der Waals surface area contributed by atoms with Gasteiger partial charge < -0.3 is 11.5 Å². The fourth-order valence-corrected chi connectivity index (χ4v) is 2.54. The third-order valence-electron chi connectivity index (χ3n) is 4.07. The number of hydrogen-bond donors (Lipinski definition) is 3. The summed E-state index contributed by atoms with van der Waals surface area (Å²) in [4.78, 5) is 19.6. The Bertz CT molecular complexity index is 750. The van der Waals surface area contributed by atoms with Gasteiger partial charge in [-0.05, 0) is 32.4 Å². The van der Waals surface area contributed by atoms with Gasteiger partial charge >= 0.3 is 0 Å². The van der Waals surface area contributed by atoms with E-state index < -0.39 is 11.7 Å². The van der Waals surface area contributed by atoms with Gasteiger partial charge in [0.15, 0.2) is 5.82 Å². The molecule has 1 amide bonds. The highest BCUT2D eigenvalue weighted by Gasteiger charge is 2.22. The standard InChI is InChI=1S/C18H25FN6O/c1-4-5-14(12(3)20)24-25(15-10-22-8-11(2)17(15)19)16-7-6-13(9-23-16)18(21)26/h6-10,12,14,24H,4-5,20H2,1-3H3,(H2,21,26)/t12-,14+/m0/s1. The van der Waals surface area contributed by atoms with Crippen LogP contribution >= 0.6 is 0 Å². The molecule has 2 heterocycles. The quantitative estimate of drug-likeness (QED) is 0.622. The zero-order valence-corrected chi connectivity index (χ0v) is 15.2. The Balaban J connectivity index is 2.47. The van der Waals surface area contributed by atoms with Crippen LogP contribution in [0.4, 0.5) is 15.9 Å². The van der Waals surface area contributed by atoms with E-state index in [4.69, 9.17) is 11.5 Å². The number of primary amides is 1. The first kappa shape index (κ1) is 19.7. The summed E-state index contributed by atoms with van der Waals surface area (Å²) in [6.45, 7) is 5.58. The minimum Gasteiger partial charge on any atom is -0.366 e. The molecular weight excluding hydrogens is 335 g/mol. The molecule has 26 heavy (non-hydrogen) atoms. The Labute approximate surface area is 152 Å². The van der Waals surface area contributed by atoms with Gasteiger partial charge in [0.1, 0.15) is 11.5 Å². The molecule has 2 aromatic heterocycles. The normalized spacial score (nSPS) is 13.3. The number of aryl methyl sites for hydroxylation is 1. The number of nitrogens with two attached hydrogens (primary N) is 2. The van der Waals surface area contributed by atoms with E-state index in [-0.39, 0.29) is 23.3 Å². The van der Waals surface area contributed by atoms with Gasteiger partial charge in [-0.25, -0.2) is 14.8 Å². The lowest BCUT2D eigenvalue weighted by Crippen LogP contribution is -2.50. The highest BCUT2D eigenvalue weighted by molar-refractivity contribution is 5.92. The number of hydrogen-bond acceptors (Lipinski definition) is 6. The van der Waals surface area contributed by atoms with Crippen molar-refractivity contribution in [3.05, 3.63) is 47.7 Å². The van der Waals surface area contributed by atoms with E-state index in [2.05, 4.69) is 22.3 Å². The van der Waals surface area contributed by atoms with E-state index in [1.807, 2.05) is 6.92 Å². The maximum Gasteiger partial charge on any atom is 0.250 e. The Kier molecular flexibility index (Phi) is 6.59. The van der Waals surface area contributed by atoms with Crippen LogP contribution in [0.3, 0.4) is 0 Å². The SMILES string of the molecule is CCC[C@@H](NN(c1ccc(C(N)=O)cn1)c1cncc(C)c1F)[C@H](C)N. The molecule has 0 aliphatic rings. The smallest absolute Gasteiger partial charge is 0.250 e. The summed E-state index contributed by atoms with van der Waals surface area (Å²) >= 11 is 0. The van der Waals surface area contributed by atoms with Gasteiger partial charge in [-0.15, -0.1) is 0 Å². The zero-order valence-electron chi connectivity index (χ0n) is 15.2. The summed E-state index contributed by atoms with van der Waals surface area (Å²) in [5.74, 6) is -0.581. The molecule has 2 rings (SSSR count). The van der Waals surface area contributed by atoms with Crippen LogP contribution < -0.4 is 21.9 Å². The molecule has 0 aromatic carbocycles. The number of nitrogens with one attached hydrogen (secondary N) is 1. The van der Waals surface area contributed by atoms with Gasteiger partial charge in [0.25, 0.3) is 0 Å². The molecule has 5 N–H and O–H groups in total. The van der Waals surface area contributed by atoms with E-state index >= 15 is 0 Å². The molecule has 0 radical (unpaired) electrons. The van der Waals surface area contributed by atoms with E-state index in [1.54, 1.807) is 19.1 Å². The van der Waals surface area contributed by atoms with Crippen LogP contribution in [0.1, 0.15) is 42.6 Å². The number of anilines is 2. The lowest BCUT2D eigenvalue weighted by atomic mass is 10.1. The number of halogens is 1. The van der Waals surface area contributed by atoms with Crippen LogP contribution in [0.5, 0.6) is 0 Å². The topological polar surface area (TPSA) is 110 Å². The molecule has 0 aliphatic carbocycles. The summed E-state index contributed by atoms with van der Waals surface area (Å²) in [7, 11) is 0. The van der Waals surface area contributed by atoms with Crippen molar-refractivity contribution in [2.75, 3.05) is 5.01 Å². The Morgan fingerprint density at radius 2 is 2.08 bits per heavy atom. The third kappa shape index (κ3) is 4.53. The van der Waals surface area contributed by atoms with Crippen molar-refractivity contribution in [3.8, 4) is 0 Å². The average Bonchev–Trinajstić information content (AvgIpc) is 2.61. The van der Waals surface area contributed by atoms with Gasteiger partial charge in [-0.2, -0.15) is 0 Å². The number of amides is 1. The number of hydrazine groups is 1. The summed E-state index contributed by atoms with van der Waals surface area (Å²) in [5.41, 5.74) is 15.5. The second-order valence-corrected chi connectivity index (χ2v) is 6.28. The predicted octanol–water partition coefficient (Wildman–Crippen LogP) is 2.18. The van der Waals surface area contributed by atoms with Crippen molar-refractivity contribution in [1.29, 1.82) is 0 Å². The summed E-state index contributed by atoms with van der Waals surface area (Å²) in [5, 5.41) is 1.52. The number of carbonyl (C=O) groups excluding carboxylic acids is 1. The number of rotatable bonds is 8. The molecule has 0 bridgehead atoms. The minimum absolute atomic E-state index is 0.0995. The molecule has 0 aliphatic heterocycles. The molecule has 2 aromatic rings. The number of aromatic nitrogens is 2. The molecule has 0 saturated heterocycles. The molecule has 140 valence electrons. The minimum atomic E-state index is -0.577. The first-order valence-electron chi connectivity index (χ1n) is 8.53. The van der Waals surface area contributed by atoms with Gasteiger partial charge in [0.05, 0.1) is 11.8 Å². The van der Waals surface area contributed by atoms with Crippen molar-refractivity contribution >= 4 is 17.4 Å². The molecular formula is C18H25FN6O. The van der Waals surface area contributed by atoms with Crippen LogP contribution in [0, 0.1) is 12.7 Å². The van der Waals surface area contributed by atoms with Crippen molar-refractivity contribution in [1.82, 2.24) is 15.4 Å². The van der Waals surface area contributed by atoms with Crippen LogP contribution in [0.15, 0.2) is 30.7 Å². The maximum absolute atomic E-state index is 14.7. The molecule has 0 fully saturated rings. The second-order valence-electron chi connectivity index (χ2n) is 6.28. The van der Waals surface area contributed by atoms with Crippen LogP contribution in [0.25, 0.3) is 0 Å². The van der Waals surface area contributed by atoms with Gasteiger partial charge in [0.2, 0.25) is 5.91 Å². The van der Waals surface area contributed by atoms with E-state index in [0.717, 1.165) is 12.8 Å². The molecule has 7 nitrogen and oxygen atoms in total. The fourth-order valence-electron chi connectivity index (χ4n) is 2.54. The molecule has 0 unspecified atom stereocenters. The average molecular weight is 360 g/mol. The second kappa shape index (κ2) is 8.68. The van der Waals surface area contributed by atoms with Gasteiger partial charge in [0, 0.05) is 30.0 Å². The fraction of sp³-hybridized carbons (Fsp3) is 0.389. The highest BCUT2D eigenvalue weighted by Crippen LogP contribution is 2.26. The molecule has 0 saturated carbocycles. The van der Waals surface area contributed by atoms with Crippen molar-refractivity contribution < 1.29 is 9.18 Å². The van der Waals surface area contributed by atoms with Crippen LogP contribution in [-0.2, 0) is 0 Å². The van der Waals surface area contributed by atoms with E-state index in [1.165, 1.54) is 23.6 Å². The zero-order chi connectivity index (χ0) is 19.3. The maximum atomic E-state index is 14.7. The molecule has 8 heteroatoms. The molecule has 2 atom stereocenters. The van der Waals surface area contributed by atoms with Gasteiger partial charge in [-0.1, -0.05) is 13.3 Å². The Morgan fingerprint density at radius 1 is 1.35 bits per heavy atom. The van der Waals surface area contributed by atoms with E-state index in [9.17, 15) is 9.18 Å². The number of nitrogens with zero attached hydrogens (tertiary/aromatic N) is 3. The summed E-state index contributed by atoms with van der Waals surface area (Å²) < 4.78 is 14.7.